The van der Waals surface area contributed by atoms with Gasteiger partial charge in [0.15, 0.2) is 22.8 Å². The number of thioether (sulfide) groups is 1. The van der Waals surface area contributed by atoms with E-state index in [9.17, 15) is 4.79 Å². The minimum Gasteiger partial charge on any atom is -0.493 e. The quantitative estimate of drug-likeness (QED) is 0.164. The molecule has 0 radical (unpaired) electrons. The molecule has 0 aliphatic carbocycles. The third kappa shape index (κ3) is 4.92. The Labute approximate surface area is 212 Å². The molecule has 0 saturated carbocycles. The van der Waals surface area contributed by atoms with Gasteiger partial charge >= 0.3 is 0 Å². The number of rotatable bonds is 9. The molecule has 0 aliphatic rings. The third-order valence-corrected chi connectivity index (χ3v) is 5.91. The molecule has 5 rings (SSSR count). The van der Waals surface area contributed by atoms with Crippen molar-refractivity contribution in [3.8, 4) is 17.3 Å². The summed E-state index contributed by atoms with van der Waals surface area (Å²) in [7, 11) is 3.07. The van der Waals surface area contributed by atoms with E-state index in [1.54, 1.807) is 25.3 Å². The van der Waals surface area contributed by atoms with Crippen molar-refractivity contribution >= 4 is 40.8 Å². The minimum atomic E-state index is -0.605. The number of carbonyl (C=O) groups excluding carboxylic acids is 1. The monoisotopic (exact) mass is 521 g/mol. The summed E-state index contributed by atoms with van der Waals surface area (Å²) in [4.78, 5) is 17.4. The standard InChI is InChI=1S/C22H19N9O5S/c1-33-16-8-7-12(9-17(16)34-2)10-24-27-21(32)18-14(31(30-26-18)20-19(23)28-36-29-20)11-37-22-25-13-5-3-4-6-15(13)35-22/h3-10H,11H2,1-2H3,(H2,23,28)(H,27,32)/b24-10+. The Bertz CT molecular complexity index is 1560. The van der Waals surface area contributed by atoms with Gasteiger partial charge in [-0.1, -0.05) is 29.1 Å². The molecular weight excluding hydrogens is 502 g/mol. The van der Waals surface area contributed by atoms with Crippen LogP contribution in [-0.2, 0) is 5.75 Å². The number of carbonyl (C=O) groups is 1. The second kappa shape index (κ2) is 10.4. The normalized spacial score (nSPS) is 11.3. The number of aromatic nitrogens is 6. The van der Waals surface area contributed by atoms with Crippen LogP contribution in [-0.4, -0.2) is 56.6 Å². The molecule has 0 fully saturated rings. The number of anilines is 1. The maximum atomic E-state index is 13.0. The van der Waals surface area contributed by atoms with Crippen LogP contribution in [0, 0.1) is 0 Å². The van der Waals surface area contributed by atoms with Gasteiger partial charge in [0.05, 0.1) is 26.1 Å². The number of hydrogen-bond donors (Lipinski definition) is 2. The van der Waals surface area contributed by atoms with Crippen molar-refractivity contribution in [1.82, 2.24) is 35.7 Å². The molecule has 0 aliphatic heterocycles. The number of hydrogen-bond acceptors (Lipinski definition) is 13. The van der Waals surface area contributed by atoms with Gasteiger partial charge < -0.3 is 19.6 Å². The fraction of sp³-hybridized carbons (Fsp3) is 0.136. The van der Waals surface area contributed by atoms with Crippen LogP contribution >= 0.6 is 11.8 Å². The molecule has 0 atom stereocenters. The number of nitrogens with one attached hydrogen (secondary N) is 1. The van der Waals surface area contributed by atoms with Crippen molar-refractivity contribution in [2.75, 3.05) is 20.0 Å². The first-order chi connectivity index (χ1) is 18.1. The number of hydrazone groups is 1. The van der Waals surface area contributed by atoms with Crippen molar-refractivity contribution in [1.29, 1.82) is 0 Å². The number of para-hydroxylation sites is 2. The highest BCUT2D eigenvalue weighted by Crippen LogP contribution is 2.29. The molecule has 3 aromatic heterocycles. The Hall–Kier alpha value is -4.92. The number of fused-ring (bicyclic) bond motifs is 1. The SMILES string of the molecule is COc1ccc(/C=N/NC(=O)c2nnn(-c3nonc3N)c2CSc2nc3ccccc3o2)cc1OC. The van der Waals surface area contributed by atoms with Gasteiger partial charge in [0.1, 0.15) is 5.52 Å². The molecule has 15 heteroatoms. The van der Waals surface area contributed by atoms with Gasteiger partial charge in [-0.3, -0.25) is 4.79 Å². The van der Waals surface area contributed by atoms with E-state index in [0.717, 1.165) is 0 Å². The van der Waals surface area contributed by atoms with E-state index in [1.165, 1.54) is 29.8 Å². The van der Waals surface area contributed by atoms with Gasteiger partial charge in [-0.2, -0.15) is 9.78 Å². The average Bonchev–Trinajstić information content (AvgIpc) is 3.64. The number of nitrogen functional groups attached to an aromatic ring is 1. The van der Waals surface area contributed by atoms with E-state index >= 15 is 0 Å². The molecule has 188 valence electrons. The lowest BCUT2D eigenvalue weighted by molar-refractivity contribution is 0.0949. The number of nitrogens with zero attached hydrogens (tertiary/aromatic N) is 7. The van der Waals surface area contributed by atoms with Crippen LogP contribution in [0.3, 0.4) is 0 Å². The predicted octanol–water partition coefficient (Wildman–Crippen LogP) is 2.45. The molecule has 0 unspecified atom stereocenters. The highest BCUT2D eigenvalue weighted by Gasteiger charge is 2.24. The fourth-order valence-electron chi connectivity index (χ4n) is 3.31. The van der Waals surface area contributed by atoms with Crippen LogP contribution < -0.4 is 20.6 Å². The smallest absolute Gasteiger partial charge is 0.293 e. The second-order valence-electron chi connectivity index (χ2n) is 7.32. The fourth-order valence-corrected chi connectivity index (χ4v) is 4.14. The Morgan fingerprint density at radius 2 is 2.03 bits per heavy atom. The van der Waals surface area contributed by atoms with Gasteiger partial charge in [-0.25, -0.2) is 15.0 Å². The van der Waals surface area contributed by atoms with Crippen LogP contribution in [0.4, 0.5) is 5.82 Å². The van der Waals surface area contributed by atoms with Gasteiger partial charge in [0, 0.05) is 5.75 Å². The number of amides is 1. The van der Waals surface area contributed by atoms with E-state index < -0.39 is 5.91 Å². The van der Waals surface area contributed by atoms with Crippen LogP contribution in [0.15, 0.2) is 61.8 Å². The zero-order valence-corrected chi connectivity index (χ0v) is 20.3. The molecule has 0 bridgehead atoms. The molecule has 3 heterocycles. The number of oxazole rings is 1. The zero-order chi connectivity index (χ0) is 25.8. The van der Waals surface area contributed by atoms with E-state index in [4.69, 9.17) is 19.6 Å². The van der Waals surface area contributed by atoms with E-state index in [0.29, 0.717) is 39.1 Å². The first-order valence-electron chi connectivity index (χ1n) is 10.6. The highest BCUT2D eigenvalue weighted by atomic mass is 32.2. The van der Waals surface area contributed by atoms with E-state index in [-0.39, 0.29) is 23.1 Å². The van der Waals surface area contributed by atoms with Crippen LogP contribution in [0.5, 0.6) is 11.5 Å². The van der Waals surface area contributed by atoms with Crippen molar-refractivity contribution in [3.63, 3.8) is 0 Å². The number of benzene rings is 2. The van der Waals surface area contributed by atoms with Gasteiger partial charge in [-0.15, -0.1) is 5.10 Å². The Morgan fingerprint density at radius 3 is 2.78 bits per heavy atom. The molecule has 0 spiro atoms. The van der Waals surface area contributed by atoms with Crippen molar-refractivity contribution in [2.24, 2.45) is 5.10 Å². The Kier molecular flexibility index (Phi) is 6.67. The van der Waals surface area contributed by atoms with Gasteiger partial charge in [-0.05, 0) is 46.2 Å². The summed E-state index contributed by atoms with van der Waals surface area (Å²) in [6, 6.07) is 12.6. The third-order valence-electron chi connectivity index (χ3n) is 5.07. The maximum Gasteiger partial charge on any atom is 0.293 e. The van der Waals surface area contributed by atoms with Crippen molar-refractivity contribution < 1.29 is 23.3 Å². The van der Waals surface area contributed by atoms with E-state index in [1.807, 2.05) is 24.3 Å². The van der Waals surface area contributed by atoms with Crippen LogP contribution in [0.25, 0.3) is 16.9 Å². The van der Waals surface area contributed by atoms with Crippen molar-refractivity contribution in [3.05, 3.63) is 59.4 Å². The first kappa shape index (κ1) is 23.8. The number of nitrogens with two attached hydrogens (primary N) is 1. The number of methoxy groups -OCH3 is 2. The molecule has 37 heavy (non-hydrogen) atoms. The maximum absolute atomic E-state index is 13.0. The summed E-state index contributed by atoms with van der Waals surface area (Å²) in [5, 5.41) is 19.8. The molecule has 3 N–H and O–H groups in total. The van der Waals surface area contributed by atoms with Gasteiger partial charge in [0.25, 0.3) is 11.1 Å². The van der Waals surface area contributed by atoms with Gasteiger partial charge in [0.2, 0.25) is 11.6 Å². The lowest BCUT2D eigenvalue weighted by atomic mass is 10.2. The summed E-state index contributed by atoms with van der Waals surface area (Å²) < 4.78 is 22.2. The van der Waals surface area contributed by atoms with Crippen LogP contribution in [0.2, 0.25) is 0 Å². The molecule has 1 amide bonds. The van der Waals surface area contributed by atoms with Crippen LogP contribution in [0.1, 0.15) is 21.7 Å². The summed E-state index contributed by atoms with van der Waals surface area (Å²) in [6.45, 7) is 0. The largest absolute Gasteiger partial charge is 0.493 e. The lowest BCUT2D eigenvalue weighted by Gasteiger charge is -2.07. The summed E-state index contributed by atoms with van der Waals surface area (Å²) in [6.07, 6.45) is 1.45. The zero-order valence-electron chi connectivity index (χ0n) is 19.5. The second-order valence-corrected chi connectivity index (χ2v) is 8.25. The first-order valence-corrected chi connectivity index (χ1v) is 11.6. The molecular formula is C22H19N9O5S. The molecule has 5 aromatic rings. The summed E-state index contributed by atoms with van der Waals surface area (Å²) in [5.74, 6) is 0.756. The number of ether oxygens (including phenoxy) is 2. The molecule has 14 nitrogen and oxygen atoms in total. The van der Waals surface area contributed by atoms with E-state index in [2.05, 4.69) is 40.8 Å². The predicted molar refractivity (Wildman–Crippen MR) is 132 cm³/mol. The minimum absolute atomic E-state index is 0.00419. The lowest BCUT2D eigenvalue weighted by Crippen LogP contribution is -2.20. The summed E-state index contributed by atoms with van der Waals surface area (Å²) in [5.41, 5.74) is 10.7. The molecule has 2 aromatic carbocycles. The highest BCUT2D eigenvalue weighted by molar-refractivity contribution is 7.98. The Morgan fingerprint density at radius 1 is 1.19 bits per heavy atom. The average molecular weight is 522 g/mol. The Balaban J connectivity index is 1.38. The topological polar surface area (TPSA) is 182 Å². The summed E-state index contributed by atoms with van der Waals surface area (Å²) >= 11 is 1.24. The molecule has 0 saturated heterocycles. The van der Waals surface area contributed by atoms with Crippen molar-refractivity contribution in [2.45, 2.75) is 11.0 Å².